The van der Waals surface area contributed by atoms with E-state index in [0.29, 0.717) is 23.4 Å². The number of benzene rings is 2. The lowest BCUT2D eigenvalue weighted by Gasteiger charge is -2.12. The quantitative estimate of drug-likeness (QED) is 0.193. The lowest BCUT2D eigenvalue weighted by Crippen LogP contribution is -2.15. The van der Waals surface area contributed by atoms with Gasteiger partial charge in [-0.1, -0.05) is 17.3 Å². The predicted octanol–water partition coefficient (Wildman–Crippen LogP) is 6.18. The first-order valence-electron chi connectivity index (χ1n) is 10.5. The van der Waals surface area contributed by atoms with Gasteiger partial charge in [-0.2, -0.15) is 24.5 Å². The number of thiophene rings is 1. The second-order valence-electron chi connectivity index (χ2n) is 7.39. The van der Waals surface area contributed by atoms with Gasteiger partial charge >= 0.3 is 12.1 Å². The van der Waals surface area contributed by atoms with Crippen molar-refractivity contribution in [1.82, 2.24) is 0 Å². The molecule has 1 heterocycles. The van der Waals surface area contributed by atoms with Gasteiger partial charge in [-0.15, -0.1) is 0 Å². The molecule has 0 fully saturated rings. The number of aryl methyl sites for hydroxylation is 1. The van der Waals surface area contributed by atoms with Gasteiger partial charge in [0.25, 0.3) is 0 Å². The smallest absolute Gasteiger partial charge is 0.416 e. The number of esters is 1. The van der Waals surface area contributed by atoms with Crippen LogP contribution in [0.5, 0.6) is 5.75 Å². The Kier molecular flexibility index (Phi) is 8.70. The van der Waals surface area contributed by atoms with Crippen LogP contribution in [-0.4, -0.2) is 24.9 Å². The van der Waals surface area contributed by atoms with Crippen LogP contribution in [0.1, 0.15) is 34.7 Å². The van der Waals surface area contributed by atoms with E-state index in [1.165, 1.54) is 12.1 Å². The number of hydrogen-bond donors (Lipinski definition) is 0. The third-order valence-electron chi connectivity index (χ3n) is 4.80. The summed E-state index contributed by atoms with van der Waals surface area (Å²) in [6.45, 7) is 3.72. The summed E-state index contributed by atoms with van der Waals surface area (Å²) >= 11 is 1.57. The van der Waals surface area contributed by atoms with Crippen molar-refractivity contribution < 1.29 is 32.3 Å². The van der Waals surface area contributed by atoms with Crippen LogP contribution in [0.25, 0.3) is 0 Å². The Hall–Kier alpha value is -3.33. The standard InChI is InChI=1S/C25H24F3NO4S/c1-3-31-24(30)15-32-23-9-6-20(12-17(23)2)22(13-19-10-11-34-16-19)29-33-14-18-4-7-21(8-5-18)25(26,27)28/h4-12,16H,3,13-15H2,1-2H3/b29-22+. The highest BCUT2D eigenvalue weighted by Gasteiger charge is 2.29. The van der Waals surface area contributed by atoms with Crippen molar-refractivity contribution in [2.45, 2.75) is 33.1 Å². The first-order chi connectivity index (χ1) is 16.3. The second kappa shape index (κ2) is 11.7. The molecule has 0 unspecified atom stereocenters. The largest absolute Gasteiger partial charge is 0.482 e. The minimum atomic E-state index is -4.38. The van der Waals surface area contributed by atoms with Gasteiger partial charge in [0.05, 0.1) is 17.9 Å². The van der Waals surface area contributed by atoms with Crippen LogP contribution in [0.4, 0.5) is 13.2 Å². The fourth-order valence-corrected chi connectivity index (χ4v) is 3.75. The average Bonchev–Trinajstić information content (AvgIpc) is 3.31. The fraction of sp³-hybridized carbons (Fsp3) is 0.280. The van der Waals surface area contributed by atoms with Crippen molar-refractivity contribution in [1.29, 1.82) is 0 Å². The number of hydrogen-bond acceptors (Lipinski definition) is 6. The van der Waals surface area contributed by atoms with E-state index in [2.05, 4.69) is 5.16 Å². The topological polar surface area (TPSA) is 57.1 Å². The number of carbonyl (C=O) groups is 1. The zero-order chi connectivity index (χ0) is 24.6. The zero-order valence-electron chi connectivity index (χ0n) is 18.7. The molecule has 0 amide bonds. The van der Waals surface area contributed by atoms with Crippen molar-refractivity contribution in [3.8, 4) is 5.75 Å². The van der Waals surface area contributed by atoms with Gasteiger partial charge in [0.1, 0.15) is 12.4 Å². The maximum Gasteiger partial charge on any atom is 0.416 e. The highest BCUT2D eigenvalue weighted by Crippen LogP contribution is 2.29. The lowest BCUT2D eigenvalue weighted by molar-refractivity contribution is -0.145. The van der Waals surface area contributed by atoms with E-state index in [4.69, 9.17) is 14.3 Å². The summed E-state index contributed by atoms with van der Waals surface area (Å²) in [5.74, 6) is 0.111. The van der Waals surface area contributed by atoms with Crippen LogP contribution in [0.3, 0.4) is 0 Å². The minimum absolute atomic E-state index is 0.0327. The Bertz CT molecular complexity index is 1110. The number of ether oxygens (including phenoxy) is 2. The van der Waals surface area contributed by atoms with Gasteiger partial charge in [-0.3, -0.25) is 0 Å². The van der Waals surface area contributed by atoms with Crippen LogP contribution in [0.15, 0.2) is 64.4 Å². The molecule has 3 rings (SSSR count). The van der Waals surface area contributed by atoms with E-state index in [0.717, 1.165) is 28.8 Å². The number of halogens is 3. The summed E-state index contributed by atoms with van der Waals surface area (Å²) in [5.41, 5.74) is 3.19. The molecule has 3 aromatic rings. The van der Waals surface area contributed by atoms with Crippen LogP contribution >= 0.6 is 11.3 Å². The van der Waals surface area contributed by atoms with E-state index in [9.17, 15) is 18.0 Å². The molecule has 0 aliphatic heterocycles. The van der Waals surface area contributed by atoms with Gasteiger partial charge < -0.3 is 14.3 Å². The van der Waals surface area contributed by atoms with Crippen LogP contribution in [0.2, 0.25) is 0 Å². The molecule has 0 bridgehead atoms. The number of nitrogens with zero attached hydrogens (tertiary/aromatic N) is 1. The molecule has 5 nitrogen and oxygen atoms in total. The molecule has 9 heteroatoms. The highest BCUT2D eigenvalue weighted by atomic mass is 32.1. The molecule has 0 atom stereocenters. The molecule has 34 heavy (non-hydrogen) atoms. The summed E-state index contributed by atoms with van der Waals surface area (Å²) in [7, 11) is 0. The van der Waals surface area contributed by atoms with Crippen LogP contribution in [0, 0.1) is 6.92 Å². The number of rotatable bonds is 10. The third kappa shape index (κ3) is 7.34. The molecule has 0 aliphatic carbocycles. The maximum absolute atomic E-state index is 12.7. The average molecular weight is 492 g/mol. The van der Waals surface area contributed by atoms with Gasteiger partial charge in [0, 0.05) is 12.0 Å². The first-order valence-corrected chi connectivity index (χ1v) is 11.5. The fourth-order valence-electron chi connectivity index (χ4n) is 3.08. The van der Waals surface area contributed by atoms with Crippen molar-refractivity contribution in [2.75, 3.05) is 13.2 Å². The molecule has 0 N–H and O–H groups in total. The summed E-state index contributed by atoms with van der Waals surface area (Å²) in [5, 5.41) is 8.26. The van der Waals surface area contributed by atoms with Crippen molar-refractivity contribution in [3.05, 3.63) is 87.1 Å². The van der Waals surface area contributed by atoms with E-state index in [1.54, 1.807) is 24.3 Å². The SMILES string of the molecule is CCOC(=O)COc1ccc(/C(Cc2ccsc2)=N/OCc2ccc(C(F)(F)F)cc2)cc1C. The van der Waals surface area contributed by atoms with Crippen molar-refractivity contribution in [2.24, 2.45) is 5.16 Å². The van der Waals surface area contributed by atoms with E-state index in [-0.39, 0.29) is 19.8 Å². The van der Waals surface area contributed by atoms with E-state index in [1.807, 2.05) is 35.9 Å². The predicted molar refractivity (Wildman–Crippen MR) is 124 cm³/mol. The Labute approximate surface area is 199 Å². The Balaban J connectivity index is 1.73. The normalized spacial score (nSPS) is 11.9. The van der Waals surface area contributed by atoms with Crippen molar-refractivity contribution in [3.63, 3.8) is 0 Å². The number of oxime groups is 1. The molecule has 0 radical (unpaired) electrons. The molecule has 1 aromatic heterocycles. The van der Waals surface area contributed by atoms with Gasteiger partial charge in [0.15, 0.2) is 6.61 Å². The van der Waals surface area contributed by atoms with Gasteiger partial charge in [0.2, 0.25) is 0 Å². The maximum atomic E-state index is 12.7. The van der Waals surface area contributed by atoms with E-state index >= 15 is 0 Å². The second-order valence-corrected chi connectivity index (χ2v) is 8.17. The summed E-state index contributed by atoms with van der Waals surface area (Å²) in [6.07, 6.45) is -3.87. The number of carbonyl (C=O) groups excluding carboxylic acids is 1. The Morgan fingerprint density at radius 3 is 2.44 bits per heavy atom. The Morgan fingerprint density at radius 1 is 1.06 bits per heavy atom. The summed E-state index contributed by atoms with van der Waals surface area (Å²) < 4.78 is 48.6. The molecular formula is C25H24F3NO4S. The molecular weight excluding hydrogens is 467 g/mol. The van der Waals surface area contributed by atoms with E-state index < -0.39 is 17.7 Å². The molecule has 0 aliphatic rings. The molecule has 2 aromatic carbocycles. The van der Waals surface area contributed by atoms with Gasteiger partial charge in [-0.05, 0) is 77.7 Å². The summed E-state index contributed by atoms with van der Waals surface area (Å²) in [6, 6.07) is 12.2. The van der Waals surface area contributed by atoms with Crippen LogP contribution < -0.4 is 4.74 Å². The zero-order valence-corrected chi connectivity index (χ0v) is 19.5. The molecule has 0 spiro atoms. The minimum Gasteiger partial charge on any atom is -0.482 e. The molecule has 180 valence electrons. The monoisotopic (exact) mass is 491 g/mol. The third-order valence-corrected chi connectivity index (χ3v) is 5.53. The van der Waals surface area contributed by atoms with Gasteiger partial charge in [-0.25, -0.2) is 4.79 Å². The highest BCUT2D eigenvalue weighted by molar-refractivity contribution is 7.08. The lowest BCUT2D eigenvalue weighted by atomic mass is 10.0. The Morgan fingerprint density at radius 2 is 1.82 bits per heavy atom. The number of alkyl halides is 3. The van der Waals surface area contributed by atoms with Crippen molar-refractivity contribution >= 4 is 23.0 Å². The van der Waals surface area contributed by atoms with Crippen LogP contribution in [-0.2, 0) is 33.6 Å². The molecule has 0 saturated heterocycles. The molecule has 0 saturated carbocycles. The first kappa shape index (κ1) is 25.3. The summed E-state index contributed by atoms with van der Waals surface area (Å²) in [4.78, 5) is 17.0.